The number of thiophene rings is 1. The summed E-state index contributed by atoms with van der Waals surface area (Å²) in [6.45, 7) is 2.19. The first-order valence-corrected chi connectivity index (χ1v) is 9.32. The standard InChI is InChI=1S/C18H20ClNO5S/c1-4-11-8-10-26-16(11)15(21)13-5-6-14(19)20(13)9-7-12(17(22)24-2)18(23)25-3/h5-6,8,10,12H,4,7,9H2,1-3H3. The highest BCUT2D eigenvalue weighted by Crippen LogP contribution is 2.25. The predicted molar refractivity (Wildman–Crippen MR) is 98.7 cm³/mol. The van der Waals surface area contributed by atoms with Gasteiger partial charge in [-0.15, -0.1) is 11.3 Å². The molecule has 0 atom stereocenters. The number of rotatable bonds is 8. The molecular weight excluding hydrogens is 378 g/mol. The smallest absolute Gasteiger partial charge is 0.320 e. The molecule has 140 valence electrons. The molecule has 0 saturated heterocycles. The summed E-state index contributed by atoms with van der Waals surface area (Å²) in [5.74, 6) is -2.56. The number of nitrogens with zero attached hydrogens (tertiary/aromatic N) is 1. The Morgan fingerprint density at radius 1 is 1.15 bits per heavy atom. The molecule has 0 fully saturated rings. The summed E-state index contributed by atoms with van der Waals surface area (Å²) < 4.78 is 10.9. The Bertz CT molecular complexity index is 794. The quantitative estimate of drug-likeness (QED) is 0.388. The summed E-state index contributed by atoms with van der Waals surface area (Å²) in [6.07, 6.45) is 0.866. The van der Waals surface area contributed by atoms with Gasteiger partial charge in [-0.3, -0.25) is 14.4 Å². The van der Waals surface area contributed by atoms with Gasteiger partial charge in [0.05, 0.1) is 24.8 Å². The second-order valence-corrected chi connectivity index (χ2v) is 6.84. The summed E-state index contributed by atoms with van der Waals surface area (Å²) in [7, 11) is 2.41. The van der Waals surface area contributed by atoms with Crippen molar-refractivity contribution < 1.29 is 23.9 Å². The van der Waals surface area contributed by atoms with Crippen molar-refractivity contribution in [2.45, 2.75) is 26.3 Å². The molecule has 0 unspecified atom stereocenters. The van der Waals surface area contributed by atoms with Crippen LogP contribution in [0.15, 0.2) is 23.6 Å². The Morgan fingerprint density at radius 2 is 1.81 bits per heavy atom. The van der Waals surface area contributed by atoms with Crippen molar-refractivity contribution in [2.75, 3.05) is 14.2 Å². The van der Waals surface area contributed by atoms with Crippen molar-refractivity contribution in [3.8, 4) is 0 Å². The Labute approximate surface area is 160 Å². The number of hydrogen-bond acceptors (Lipinski definition) is 6. The number of carbonyl (C=O) groups excluding carboxylic acids is 3. The molecule has 0 saturated carbocycles. The number of esters is 2. The van der Waals surface area contributed by atoms with Gasteiger partial charge in [0, 0.05) is 6.54 Å². The Balaban J connectivity index is 2.26. The summed E-state index contributed by atoms with van der Waals surface area (Å²) in [4.78, 5) is 37.2. The van der Waals surface area contributed by atoms with E-state index in [-0.39, 0.29) is 18.7 Å². The monoisotopic (exact) mass is 397 g/mol. The van der Waals surface area contributed by atoms with Crippen LogP contribution in [0.25, 0.3) is 0 Å². The van der Waals surface area contributed by atoms with Crippen LogP contribution in [0.1, 0.15) is 34.3 Å². The minimum Gasteiger partial charge on any atom is -0.468 e. The molecule has 2 heterocycles. The van der Waals surface area contributed by atoms with Crippen molar-refractivity contribution in [3.63, 3.8) is 0 Å². The topological polar surface area (TPSA) is 74.6 Å². The first-order chi connectivity index (χ1) is 12.4. The summed E-state index contributed by atoms with van der Waals surface area (Å²) in [5.41, 5.74) is 1.39. The number of aryl methyl sites for hydroxylation is 1. The van der Waals surface area contributed by atoms with E-state index in [1.54, 1.807) is 16.7 Å². The van der Waals surface area contributed by atoms with Crippen LogP contribution in [-0.2, 0) is 32.0 Å². The SMILES string of the molecule is CCc1ccsc1C(=O)c1ccc(Cl)n1CCC(C(=O)OC)C(=O)OC. The zero-order valence-corrected chi connectivity index (χ0v) is 16.4. The molecule has 2 rings (SSSR count). The molecule has 0 radical (unpaired) electrons. The molecule has 26 heavy (non-hydrogen) atoms. The van der Waals surface area contributed by atoms with Gasteiger partial charge < -0.3 is 14.0 Å². The second kappa shape index (κ2) is 9.00. The maximum atomic E-state index is 12.9. The number of halogens is 1. The summed E-state index contributed by atoms with van der Waals surface area (Å²) in [6, 6.07) is 5.20. The normalized spacial score (nSPS) is 10.8. The highest BCUT2D eigenvalue weighted by molar-refractivity contribution is 7.12. The van der Waals surface area contributed by atoms with Crippen molar-refractivity contribution in [2.24, 2.45) is 5.92 Å². The lowest BCUT2D eigenvalue weighted by atomic mass is 10.1. The van der Waals surface area contributed by atoms with Gasteiger partial charge in [-0.2, -0.15) is 0 Å². The van der Waals surface area contributed by atoms with Crippen LogP contribution in [0.4, 0.5) is 0 Å². The van der Waals surface area contributed by atoms with Crippen LogP contribution in [0.5, 0.6) is 0 Å². The lowest BCUT2D eigenvalue weighted by Gasteiger charge is -2.15. The van der Waals surface area contributed by atoms with E-state index in [9.17, 15) is 14.4 Å². The van der Waals surface area contributed by atoms with Gasteiger partial charge >= 0.3 is 11.9 Å². The van der Waals surface area contributed by atoms with Gasteiger partial charge in [0.1, 0.15) is 5.15 Å². The summed E-state index contributed by atoms with van der Waals surface area (Å²) >= 11 is 7.60. The largest absolute Gasteiger partial charge is 0.468 e. The third-order valence-corrected chi connectivity index (χ3v) is 5.39. The molecule has 0 aromatic carbocycles. The molecule has 0 amide bonds. The number of hydrogen-bond donors (Lipinski definition) is 0. The molecule has 6 nitrogen and oxygen atoms in total. The number of methoxy groups -OCH3 is 2. The van der Waals surface area contributed by atoms with Crippen molar-refractivity contribution in [3.05, 3.63) is 44.9 Å². The fourth-order valence-corrected chi connectivity index (χ4v) is 3.85. The van der Waals surface area contributed by atoms with Gasteiger partial charge in [0.25, 0.3) is 0 Å². The molecule has 0 spiro atoms. The fourth-order valence-electron chi connectivity index (χ4n) is 2.67. The molecule has 0 aliphatic rings. The zero-order valence-electron chi connectivity index (χ0n) is 14.8. The first-order valence-electron chi connectivity index (χ1n) is 8.06. The van der Waals surface area contributed by atoms with Gasteiger partial charge in [-0.25, -0.2) is 0 Å². The molecule has 2 aromatic rings. The van der Waals surface area contributed by atoms with Gasteiger partial charge in [-0.1, -0.05) is 18.5 Å². The Hall–Kier alpha value is -2.12. The molecule has 8 heteroatoms. The Morgan fingerprint density at radius 3 is 2.38 bits per heavy atom. The van der Waals surface area contributed by atoms with Crippen LogP contribution in [-0.4, -0.2) is 36.5 Å². The van der Waals surface area contributed by atoms with E-state index in [1.165, 1.54) is 25.6 Å². The number of ketones is 1. The van der Waals surface area contributed by atoms with Crippen molar-refractivity contribution in [1.29, 1.82) is 0 Å². The maximum Gasteiger partial charge on any atom is 0.320 e. The highest BCUT2D eigenvalue weighted by atomic mass is 35.5. The molecule has 0 bridgehead atoms. The average molecular weight is 398 g/mol. The van der Waals surface area contributed by atoms with Crippen LogP contribution >= 0.6 is 22.9 Å². The molecular formula is C18H20ClNO5S. The first kappa shape index (κ1) is 20.2. The molecule has 0 aliphatic carbocycles. The fraction of sp³-hybridized carbons (Fsp3) is 0.389. The van der Waals surface area contributed by atoms with Crippen LogP contribution < -0.4 is 0 Å². The molecule has 0 aliphatic heterocycles. The number of ether oxygens (including phenoxy) is 2. The van der Waals surface area contributed by atoms with Crippen LogP contribution in [0.2, 0.25) is 5.15 Å². The minimum absolute atomic E-state index is 0.110. The lowest BCUT2D eigenvalue weighted by molar-refractivity contribution is -0.159. The minimum atomic E-state index is -1.07. The highest BCUT2D eigenvalue weighted by Gasteiger charge is 2.29. The number of aromatic nitrogens is 1. The van der Waals surface area contributed by atoms with E-state index in [1.807, 2.05) is 18.4 Å². The van der Waals surface area contributed by atoms with E-state index in [0.717, 1.165) is 12.0 Å². The van der Waals surface area contributed by atoms with Gasteiger partial charge in [0.15, 0.2) is 5.92 Å². The van der Waals surface area contributed by atoms with E-state index in [0.29, 0.717) is 15.7 Å². The third kappa shape index (κ3) is 4.16. The maximum absolute atomic E-state index is 12.9. The van der Waals surface area contributed by atoms with Crippen molar-refractivity contribution in [1.82, 2.24) is 4.57 Å². The summed E-state index contributed by atoms with van der Waals surface area (Å²) in [5, 5.41) is 2.24. The second-order valence-electron chi connectivity index (χ2n) is 5.54. The van der Waals surface area contributed by atoms with Gasteiger partial charge in [-0.05, 0) is 42.0 Å². The van der Waals surface area contributed by atoms with Gasteiger partial charge in [0.2, 0.25) is 5.78 Å². The van der Waals surface area contributed by atoms with Crippen molar-refractivity contribution >= 4 is 40.7 Å². The van der Waals surface area contributed by atoms with E-state index in [2.05, 4.69) is 9.47 Å². The van der Waals surface area contributed by atoms with E-state index in [4.69, 9.17) is 11.6 Å². The average Bonchev–Trinajstić information content (AvgIpc) is 3.27. The number of carbonyl (C=O) groups is 3. The van der Waals surface area contributed by atoms with E-state index >= 15 is 0 Å². The zero-order chi connectivity index (χ0) is 19.3. The predicted octanol–water partition coefficient (Wildman–Crippen LogP) is 3.35. The third-order valence-electron chi connectivity index (χ3n) is 4.11. The molecule has 2 aromatic heterocycles. The molecule has 0 N–H and O–H groups in total. The van der Waals surface area contributed by atoms with Crippen LogP contribution in [0, 0.1) is 5.92 Å². The lowest BCUT2D eigenvalue weighted by Crippen LogP contribution is -2.28. The van der Waals surface area contributed by atoms with E-state index < -0.39 is 17.9 Å². The Kier molecular flexibility index (Phi) is 6.99. The van der Waals surface area contributed by atoms with Crippen LogP contribution in [0.3, 0.4) is 0 Å².